The molecule has 0 aliphatic heterocycles. The quantitative estimate of drug-likeness (QED) is 0.865. The number of benzene rings is 2. The van der Waals surface area contributed by atoms with Gasteiger partial charge in [0.05, 0.1) is 10.9 Å². The van der Waals surface area contributed by atoms with Crippen LogP contribution in [-0.2, 0) is 9.09 Å². The van der Waals surface area contributed by atoms with Crippen LogP contribution in [0.5, 0.6) is 0 Å². The summed E-state index contributed by atoms with van der Waals surface area (Å²) in [5.41, 5.74) is 2.82. The molecule has 2 aromatic carbocycles. The molecule has 1 N–H and O–H groups in total. The standard InChI is InChI=1S/C16H17O4P.ClH/c1-11-9-12(2)15(13(3)10-11)16(17)20-21(18,19)14-7-5-4-6-8-14;/h4-10H,1-3H3,(H,18,19);1H. The van der Waals surface area contributed by atoms with E-state index in [4.69, 9.17) is 4.52 Å². The van der Waals surface area contributed by atoms with E-state index in [0.717, 1.165) is 16.7 Å². The van der Waals surface area contributed by atoms with E-state index in [1.807, 2.05) is 19.1 Å². The summed E-state index contributed by atoms with van der Waals surface area (Å²) in [5, 5.41) is 0.0979. The van der Waals surface area contributed by atoms with Crippen LogP contribution in [0.25, 0.3) is 0 Å². The highest BCUT2D eigenvalue weighted by molar-refractivity contribution is 7.61. The smallest absolute Gasteiger partial charge is 0.385 e. The zero-order valence-corrected chi connectivity index (χ0v) is 14.3. The van der Waals surface area contributed by atoms with Crippen LogP contribution >= 0.6 is 20.0 Å². The van der Waals surface area contributed by atoms with Gasteiger partial charge in [-0.2, -0.15) is 0 Å². The van der Waals surface area contributed by atoms with Gasteiger partial charge in [0.15, 0.2) is 0 Å². The molecule has 0 saturated carbocycles. The Hall–Kier alpha value is -1.61. The molecule has 0 saturated heterocycles. The van der Waals surface area contributed by atoms with E-state index in [1.54, 1.807) is 32.0 Å². The maximum absolute atomic E-state index is 12.2. The maximum atomic E-state index is 12.2. The van der Waals surface area contributed by atoms with Gasteiger partial charge >= 0.3 is 13.6 Å². The molecule has 0 amide bonds. The molecule has 0 aliphatic carbocycles. The molecule has 2 aromatic rings. The van der Waals surface area contributed by atoms with Gasteiger partial charge in [0, 0.05) is 0 Å². The average molecular weight is 341 g/mol. The zero-order chi connectivity index (χ0) is 15.6. The van der Waals surface area contributed by atoms with Crippen LogP contribution < -0.4 is 5.30 Å². The summed E-state index contributed by atoms with van der Waals surface area (Å²) >= 11 is 0. The Balaban J connectivity index is 0.00000242. The Kier molecular flexibility index (Phi) is 5.95. The molecule has 0 radical (unpaired) electrons. The van der Waals surface area contributed by atoms with Crippen molar-refractivity contribution in [3.63, 3.8) is 0 Å². The molecule has 1 atom stereocenters. The molecule has 1 unspecified atom stereocenters. The molecule has 4 nitrogen and oxygen atoms in total. The Morgan fingerprint density at radius 2 is 1.55 bits per heavy atom. The SMILES string of the molecule is Cc1cc(C)c(C(=O)OP(=O)(O)c2ccccc2)c(C)c1.Cl. The van der Waals surface area contributed by atoms with Gasteiger partial charge in [-0.15, -0.1) is 12.4 Å². The van der Waals surface area contributed by atoms with Crippen molar-refractivity contribution in [1.29, 1.82) is 0 Å². The van der Waals surface area contributed by atoms with E-state index in [1.165, 1.54) is 12.1 Å². The van der Waals surface area contributed by atoms with Crippen molar-refractivity contribution in [3.8, 4) is 0 Å². The predicted molar refractivity (Wildman–Crippen MR) is 89.2 cm³/mol. The normalized spacial score (nSPS) is 12.9. The van der Waals surface area contributed by atoms with Gasteiger partial charge in [-0.25, -0.2) is 9.36 Å². The van der Waals surface area contributed by atoms with E-state index in [2.05, 4.69) is 0 Å². The summed E-state index contributed by atoms with van der Waals surface area (Å²) in [6.45, 7) is 5.48. The number of rotatable bonds is 3. The summed E-state index contributed by atoms with van der Waals surface area (Å²) in [7, 11) is -4.17. The number of halogens is 1. The summed E-state index contributed by atoms with van der Waals surface area (Å²) < 4.78 is 17.1. The molecule has 2 rings (SSSR count). The van der Waals surface area contributed by atoms with Gasteiger partial charge in [0.25, 0.3) is 0 Å². The first-order chi connectivity index (χ1) is 9.81. The third-order valence-corrected chi connectivity index (χ3v) is 4.53. The van der Waals surface area contributed by atoms with E-state index >= 15 is 0 Å². The minimum Gasteiger partial charge on any atom is -0.385 e. The minimum absolute atomic E-state index is 0. The number of hydrogen-bond acceptors (Lipinski definition) is 3. The largest absolute Gasteiger partial charge is 0.410 e. The van der Waals surface area contributed by atoms with E-state index in [-0.39, 0.29) is 17.7 Å². The summed E-state index contributed by atoms with van der Waals surface area (Å²) in [6, 6.07) is 11.6. The van der Waals surface area contributed by atoms with Crippen LogP contribution in [0.15, 0.2) is 42.5 Å². The van der Waals surface area contributed by atoms with E-state index in [9.17, 15) is 14.3 Å². The highest BCUT2D eigenvalue weighted by atomic mass is 35.5. The average Bonchev–Trinajstić information content (AvgIpc) is 2.37. The first kappa shape index (κ1) is 18.4. The Labute approximate surface area is 136 Å². The van der Waals surface area contributed by atoms with Crippen molar-refractivity contribution in [3.05, 3.63) is 64.7 Å². The van der Waals surface area contributed by atoms with E-state index < -0.39 is 13.6 Å². The third kappa shape index (κ3) is 3.98. The highest BCUT2D eigenvalue weighted by Crippen LogP contribution is 2.41. The molecule has 0 heterocycles. The molecule has 0 fully saturated rings. The lowest BCUT2D eigenvalue weighted by molar-refractivity contribution is 0.0721. The fourth-order valence-electron chi connectivity index (χ4n) is 2.33. The monoisotopic (exact) mass is 340 g/mol. The molecule has 0 aromatic heterocycles. The number of carbonyl (C=O) groups excluding carboxylic acids is 1. The molecule has 6 heteroatoms. The maximum Gasteiger partial charge on any atom is 0.410 e. The van der Waals surface area contributed by atoms with Crippen molar-refractivity contribution in [1.82, 2.24) is 0 Å². The Bertz CT molecular complexity index is 705. The second-order valence-electron chi connectivity index (χ2n) is 5.01. The van der Waals surface area contributed by atoms with Crippen molar-refractivity contribution in [2.75, 3.05) is 0 Å². The van der Waals surface area contributed by atoms with Gasteiger partial charge in [-0.05, 0) is 44.0 Å². The minimum atomic E-state index is -4.17. The summed E-state index contributed by atoms with van der Waals surface area (Å²) in [6.07, 6.45) is 0. The van der Waals surface area contributed by atoms with Crippen molar-refractivity contribution in [2.24, 2.45) is 0 Å². The van der Waals surface area contributed by atoms with Crippen molar-refractivity contribution in [2.45, 2.75) is 20.8 Å². The van der Waals surface area contributed by atoms with Crippen LogP contribution in [0, 0.1) is 20.8 Å². The van der Waals surface area contributed by atoms with Gasteiger partial charge < -0.3 is 9.42 Å². The topological polar surface area (TPSA) is 63.6 Å². The van der Waals surface area contributed by atoms with Crippen LogP contribution in [0.1, 0.15) is 27.0 Å². The zero-order valence-electron chi connectivity index (χ0n) is 12.6. The Morgan fingerprint density at radius 3 is 2.05 bits per heavy atom. The number of hydrogen-bond donors (Lipinski definition) is 1. The third-order valence-electron chi connectivity index (χ3n) is 3.17. The van der Waals surface area contributed by atoms with Crippen molar-refractivity contribution < 1.29 is 18.8 Å². The van der Waals surface area contributed by atoms with Gasteiger partial charge in [-0.3, -0.25) is 0 Å². The Morgan fingerprint density at radius 1 is 1.05 bits per heavy atom. The summed E-state index contributed by atoms with van der Waals surface area (Å²) in [5.74, 6) is -0.778. The first-order valence-electron chi connectivity index (χ1n) is 6.51. The summed E-state index contributed by atoms with van der Waals surface area (Å²) in [4.78, 5) is 22.2. The lowest BCUT2D eigenvalue weighted by Gasteiger charge is -2.15. The van der Waals surface area contributed by atoms with Crippen LogP contribution in [0.4, 0.5) is 0 Å². The number of carbonyl (C=O) groups is 1. The van der Waals surface area contributed by atoms with E-state index in [0.29, 0.717) is 5.56 Å². The van der Waals surface area contributed by atoms with Crippen LogP contribution in [0.3, 0.4) is 0 Å². The molecule has 22 heavy (non-hydrogen) atoms. The lowest BCUT2D eigenvalue weighted by atomic mass is 10.0. The second-order valence-corrected chi connectivity index (χ2v) is 6.75. The fraction of sp³-hybridized carbons (Fsp3) is 0.188. The van der Waals surface area contributed by atoms with Gasteiger partial charge in [0.2, 0.25) is 0 Å². The molecular formula is C16H18ClO4P. The fourth-order valence-corrected chi connectivity index (χ4v) is 3.30. The van der Waals surface area contributed by atoms with Gasteiger partial charge in [-0.1, -0.05) is 35.9 Å². The molecule has 0 bridgehead atoms. The number of aryl methyl sites for hydroxylation is 3. The van der Waals surface area contributed by atoms with Gasteiger partial charge in [0.1, 0.15) is 0 Å². The molecular weight excluding hydrogens is 323 g/mol. The lowest BCUT2D eigenvalue weighted by Crippen LogP contribution is -2.13. The molecule has 118 valence electrons. The molecule has 0 aliphatic rings. The molecule has 0 spiro atoms. The first-order valence-corrected chi connectivity index (χ1v) is 8.09. The second kappa shape index (κ2) is 7.10. The van der Waals surface area contributed by atoms with Crippen LogP contribution in [-0.4, -0.2) is 10.9 Å². The van der Waals surface area contributed by atoms with Crippen LogP contribution in [0.2, 0.25) is 0 Å². The highest BCUT2D eigenvalue weighted by Gasteiger charge is 2.28. The predicted octanol–water partition coefficient (Wildman–Crippen LogP) is 3.70. The van der Waals surface area contributed by atoms with Crippen molar-refractivity contribution >= 4 is 31.3 Å².